The van der Waals surface area contributed by atoms with Crippen LogP contribution in [0, 0.1) is 16.0 Å². The molecule has 0 heterocycles. The van der Waals surface area contributed by atoms with Crippen molar-refractivity contribution in [3.05, 3.63) is 38.9 Å². The third-order valence-electron chi connectivity index (χ3n) is 3.75. The van der Waals surface area contributed by atoms with Crippen LogP contribution in [0.3, 0.4) is 0 Å². The lowest BCUT2D eigenvalue weighted by atomic mass is 9.89. The van der Waals surface area contributed by atoms with E-state index in [1.807, 2.05) is 0 Å². The van der Waals surface area contributed by atoms with Crippen LogP contribution in [0.2, 0.25) is 5.02 Å². The minimum absolute atomic E-state index is 0.101. The van der Waals surface area contributed by atoms with Gasteiger partial charge >= 0.3 is 0 Å². The summed E-state index contributed by atoms with van der Waals surface area (Å²) in [5.74, 6) is 0.704. The van der Waals surface area contributed by atoms with Gasteiger partial charge in [0.1, 0.15) is 0 Å². The summed E-state index contributed by atoms with van der Waals surface area (Å²) in [5.41, 5.74) is 0.689. The number of nitro benzene ring substituents is 1. The number of halogens is 1. The number of nitro groups is 1. The molecule has 0 amide bonds. The molecule has 0 aromatic heterocycles. The molecule has 4 nitrogen and oxygen atoms in total. The zero-order valence-electron chi connectivity index (χ0n) is 10.9. The molecular formula is C14H19ClN2O2. The lowest BCUT2D eigenvalue weighted by Gasteiger charge is -2.21. The molecule has 1 fully saturated rings. The molecule has 0 atom stereocenters. The van der Waals surface area contributed by atoms with Gasteiger partial charge in [0, 0.05) is 12.6 Å². The highest BCUT2D eigenvalue weighted by Crippen LogP contribution is 2.27. The molecule has 0 bridgehead atoms. The molecule has 1 aromatic rings. The van der Waals surface area contributed by atoms with Gasteiger partial charge in [-0.25, -0.2) is 0 Å². The Morgan fingerprint density at radius 2 is 2.05 bits per heavy atom. The maximum Gasteiger partial charge on any atom is 0.275 e. The average Bonchev–Trinajstić information content (AvgIpc) is 2.41. The van der Waals surface area contributed by atoms with Gasteiger partial charge in [0.25, 0.3) is 5.69 Å². The van der Waals surface area contributed by atoms with E-state index in [2.05, 4.69) is 5.32 Å². The Morgan fingerprint density at radius 1 is 1.32 bits per heavy atom. The molecule has 0 spiro atoms. The van der Waals surface area contributed by atoms with E-state index < -0.39 is 0 Å². The second kappa shape index (κ2) is 6.87. The fraction of sp³-hybridized carbons (Fsp3) is 0.571. The second-order valence-electron chi connectivity index (χ2n) is 5.13. The highest BCUT2D eigenvalue weighted by atomic mass is 35.5. The standard InChI is InChI=1S/C14H19ClN2O2/c15-13-7-4-8-14(17(18)19)12(13)10-16-9-11-5-2-1-3-6-11/h4,7-8,11,16H,1-3,5-6,9-10H2. The highest BCUT2D eigenvalue weighted by Gasteiger charge is 2.17. The van der Waals surface area contributed by atoms with Gasteiger partial charge in [-0.2, -0.15) is 0 Å². The van der Waals surface area contributed by atoms with Gasteiger partial charge in [-0.3, -0.25) is 10.1 Å². The van der Waals surface area contributed by atoms with Crippen LogP contribution in [0.5, 0.6) is 0 Å². The van der Waals surface area contributed by atoms with Crippen LogP contribution >= 0.6 is 11.6 Å². The summed E-state index contributed by atoms with van der Waals surface area (Å²) in [6.07, 6.45) is 6.47. The fourth-order valence-corrected chi connectivity index (χ4v) is 2.92. The fourth-order valence-electron chi connectivity index (χ4n) is 2.69. The smallest absolute Gasteiger partial charge is 0.275 e. The van der Waals surface area contributed by atoms with Crippen molar-refractivity contribution in [3.63, 3.8) is 0 Å². The summed E-state index contributed by atoms with van der Waals surface area (Å²) >= 11 is 6.05. The largest absolute Gasteiger partial charge is 0.312 e. The Labute approximate surface area is 118 Å². The normalized spacial score (nSPS) is 16.5. The first kappa shape index (κ1) is 14.3. The Morgan fingerprint density at radius 3 is 2.74 bits per heavy atom. The molecule has 104 valence electrons. The predicted molar refractivity (Wildman–Crippen MR) is 76.4 cm³/mol. The van der Waals surface area contributed by atoms with Crippen molar-refractivity contribution in [2.45, 2.75) is 38.6 Å². The number of nitrogens with zero attached hydrogens (tertiary/aromatic N) is 1. The topological polar surface area (TPSA) is 55.2 Å². The van der Waals surface area contributed by atoms with Crippen LogP contribution < -0.4 is 5.32 Å². The zero-order valence-corrected chi connectivity index (χ0v) is 11.7. The van der Waals surface area contributed by atoms with E-state index in [0.29, 0.717) is 23.0 Å². The van der Waals surface area contributed by atoms with Crippen molar-refractivity contribution < 1.29 is 4.92 Å². The van der Waals surface area contributed by atoms with Crippen LogP contribution in [0.25, 0.3) is 0 Å². The molecule has 0 aliphatic heterocycles. The van der Waals surface area contributed by atoms with Gasteiger partial charge in [0.05, 0.1) is 15.5 Å². The number of nitrogens with one attached hydrogen (secondary N) is 1. The Balaban J connectivity index is 1.93. The SMILES string of the molecule is O=[N+]([O-])c1cccc(Cl)c1CNCC1CCCCC1. The maximum absolute atomic E-state index is 11.0. The van der Waals surface area contributed by atoms with Gasteiger partial charge in [-0.05, 0) is 31.4 Å². The summed E-state index contributed by atoms with van der Waals surface area (Å²) in [5, 5.41) is 14.7. The van der Waals surface area contributed by atoms with E-state index in [1.54, 1.807) is 12.1 Å². The van der Waals surface area contributed by atoms with Gasteiger partial charge < -0.3 is 5.32 Å². The van der Waals surface area contributed by atoms with E-state index in [4.69, 9.17) is 11.6 Å². The summed E-state index contributed by atoms with van der Waals surface area (Å²) in [7, 11) is 0. The highest BCUT2D eigenvalue weighted by molar-refractivity contribution is 6.31. The maximum atomic E-state index is 11.0. The minimum atomic E-state index is -0.372. The lowest BCUT2D eigenvalue weighted by molar-refractivity contribution is -0.385. The zero-order chi connectivity index (χ0) is 13.7. The van der Waals surface area contributed by atoms with Gasteiger partial charge in [-0.1, -0.05) is 36.9 Å². The third-order valence-corrected chi connectivity index (χ3v) is 4.10. The first-order valence-corrected chi connectivity index (χ1v) is 7.19. The Hall–Kier alpha value is -1.13. The van der Waals surface area contributed by atoms with Crippen LogP contribution in [0.1, 0.15) is 37.7 Å². The molecule has 5 heteroatoms. The van der Waals surface area contributed by atoms with Crippen LogP contribution in [0.4, 0.5) is 5.69 Å². The van der Waals surface area contributed by atoms with E-state index >= 15 is 0 Å². The van der Waals surface area contributed by atoms with E-state index in [-0.39, 0.29) is 10.6 Å². The lowest BCUT2D eigenvalue weighted by Crippen LogP contribution is -2.24. The van der Waals surface area contributed by atoms with Gasteiger partial charge in [0.15, 0.2) is 0 Å². The molecule has 1 aromatic carbocycles. The summed E-state index contributed by atoms with van der Waals surface area (Å²) in [4.78, 5) is 10.6. The van der Waals surface area contributed by atoms with Crippen molar-refractivity contribution in [1.29, 1.82) is 0 Å². The van der Waals surface area contributed by atoms with Crippen LogP contribution in [-0.2, 0) is 6.54 Å². The van der Waals surface area contributed by atoms with E-state index in [9.17, 15) is 10.1 Å². The molecule has 0 saturated heterocycles. The van der Waals surface area contributed by atoms with Crippen molar-refractivity contribution in [2.24, 2.45) is 5.92 Å². The summed E-state index contributed by atoms with van der Waals surface area (Å²) < 4.78 is 0. The summed E-state index contributed by atoms with van der Waals surface area (Å²) in [6.45, 7) is 1.38. The molecule has 19 heavy (non-hydrogen) atoms. The predicted octanol–water partition coefficient (Wildman–Crippen LogP) is 3.92. The van der Waals surface area contributed by atoms with E-state index in [1.165, 1.54) is 38.2 Å². The minimum Gasteiger partial charge on any atom is -0.312 e. The third kappa shape index (κ3) is 3.91. The van der Waals surface area contributed by atoms with Gasteiger partial charge in [-0.15, -0.1) is 0 Å². The number of hydrogen-bond donors (Lipinski definition) is 1. The summed E-state index contributed by atoms with van der Waals surface area (Å²) in [6, 6.07) is 4.82. The average molecular weight is 283 g/mol. The second-order valence-corrected chi connectivity index (χ2v) is 5.54. The quantitative estimate of drug-likeness (QED) is 0.658. The number of hydrogen-bond acceptors (Lipinski definition) is 3. The molecule has 0 unspecified atom stereocenters. The van der Waals surface area contributed by atoms with E-state index in [0.717, 1.165) is 6.54 Å². The van der Waals surface area contributed by atoms with Crippen molar-refractivity contribution in [3.8, 4) is 0 Å². The Kier molecular flexibility index (Phi) is 5.16. The van der Waals surface area contributed by atoms with Crippen LogP contribution in [-0.4, -0.2) is 11.5 Å². The molecular weight excluding hydrogens is 264 g/mol. The molecule has 1 N–H and O–H groups in total. The molecule has 1 saturated carbocycles. The number of rotatable bonds is 5. The van der Waals surface area contributed by atoms with Crippen LogP contribution in [0.15, 0.2) is 18.2 Å². The number of benzene rings is 1. The molecule has 1 aliphatic rings. The molecule has 0 radical (unpaired) electrons. The first-order chi connectivity index (χ1) is 9.18. The van der Waals surface area contributed by atoms with Gasteiger partial charge in [0.2, 0.25) is 0 Å². The monoisotopic (exact) mass is 282 g/mol. The first-order valence-electron chi connectivity index (χ1n) is 6.81. The molecule has 1 aliphatic carbocycles. The van der Waals surface area contributed by atoms with Crippen molar-refractivity contribution in [2.75, 3.05) is 6.54 Å². The Bertz CT molecular complexity index is 445. The van der Waals surface area contributed by atoms with Crippen molar-refractivity contribution in [1.82, 2.24) is 5.32 Å². The van der Waals surface area contributed by atoms with Crippen molar-refractivity contribution >= 4 is 17.3 Å². The molecule has 2 rings (SSSR count).